The van der Waals surface area contributed by atoms with Crippen LogP contribution in [0.5, 0.6) is 11.5 Å². The zero-order valence-electron chi connectivity index (χ0n) is 11.9. The molecule has 2 rings (SSSR count). The molecule has 0 fully saturated rings. The van der Waals surface area contributed by atoms with E-state index in [-0.39, 0.29) is 17.4 Å². The molecule has 0 saturated heterocycles. The Hall–Kier alpha value is -1.91. The van der Waals surface area contributed by atoms with E-state index in [2.05, 4.69) is 5.32 Å². The van der Waals surface area contributed by atoms with Gasteiger partial charge in [-0.3, -0.25) is 4.79 Å². The lowest BCUT2D eigenvalue weighted by Crippen LogP contribution is -2.26. The third kappa shape index (κ3) is 3.84. The van der Waals surface area contributed by atoms with Crippen molar-refractivity contribution in [1.82, 2.24) is 5.32 Å². The summed E-state index contributed by atoms with van der Waals surface area (Å²) in [5.74, 6) is -0.617. The van der Waals surface area contributed by atoms with E-state index in [0.29, 0.717) is 28.6 Å². The number of aromatic hydroxyl groups is 2. The van der Waals surface area contributed by atoms with Crippen molar-refractivity contribution in [1.29, 1.82) is 0 Å². The molecule has 0 atom stereocenters. The molecule has 0 aliphatic rings. The second kappa shape index (κ2) is 6.90. The molecule has 0 aliphatic heterocycles. The van der Waals surface area contributed by atoms with Gasteiger partial charge in [-0.05, 0) is 54.8 Å². The van der Waals surface area contributed by atoms with E-state index in [1.807, 2.05) is 6.92 Å². The Morgan fingerprint density at radius 3 is 2.50 bits per heavy atom. The Balaban J connectivity index is 1.99. The van der Waals surface area contributed by atoms with Gasteiger partial charge in [-0.1, -0.05) is 23.2 Å². The van der Waals surface area contributed by atoms with E-state index in [1.54, 1.807) is 12.1 Å². The topological polar surface area (TPSA) is 69.6 Å². The first-order valence-corrected chi connectivity index (χ1v) is 7.39. The molecule has 3 N–H and O–H groups in total. The molecular weight excluding hydrogens is 325 g/mol. The molecule has 22 heavy (non-hydrogen) atoms. The Kier molecular flexibility index (Phi) is 5.16. The fourth-order valence-corrected chi connectivity index (χ4v) is 2.57. The molecule has 4 nitrogen and oxygen atoms in total. The van der Waals surface area contributed by atoms with Crippen molar-refractivity contribution in [3.63, 3.8) is 0 Å². The Morgan fingerprint density at radius 1 is 1.14 bits per heavy atom. The Labute approximate surface area is 138 Å². The highest BCUT2D eigenvalue weighted by molar-refractivity contribution is 6.36. The maximum atomic E-state index is 12.0. The molecule has 116 valence electrons. The number of carbonyl (C=O) groups is 1. The van der Waals surface area contributed by atoms with E-state index in [0.717, 1.165) is 11.1 Å². The molecule has 1 amide bonds. The minimum atomic E-state index is -0.290. The fourth-order valence-electron chi connectivity index (χ4n) is 2.07. The van der Waals surface area contributed by atoms with Crippen LogP contribution in [0.15, 0.2) is 30.3 Å². The monoisotopic (exact) mass is 339 g/mol. The minimum Gasteiger partial charge on any atom is -0.504 e. The summed E-state index contributed by atoms with van der Waals surface area (Å²) in [5, 5.41) is 22.4. The number of hydrogen-bond acceptors (Lipinski definition) is 3. The van der Waals surface area contributed by atoms with Crippen molar-refractivity contribution in [3.8, 4) is 11.5 Å². The summed E-state index contributed by atoms with van der Waals surface area (Å²) in [6.45, 7) is 2.20. The van der Waals surface area contributed by atoms with Gasteiger partial charge >= 0.3 is 0 Å². The van der Waals surface area contributed by atoms with E-state index in [9.17, 15) is 15.0 Å². The largest absolute Gasteiger partial charge is 0.504 e. The first-order valence-electron chi connectivity index (χ1n) is 6.63. The molecule has 0 unspecified atom stereocenters. The van der Waals surface area contributed by atoms with Crippen molar-refractivity contribution in [2.75, 3.05) is 6.54 Å². The molecule has 0 aromatic heterocycles. The summed E-state index contributed by atoms with van der Waals surface area (Å²) in [4.78, 5) is 12.0. The van der Waals surface area contributed by atoms with Crippen LogP contribution >= 0.6 is 23.2 Å². The smallest absolute Gasteiger partial charge is 0.252 e. The van der Waals surface area contributed by atoms with Gasteiger partial charge < -0.3 is 15.5 Å². The maximum Gasteiger partial charge on any atom is 0.252 e. The third-order valence-electron chi connectivity index (χ3n) is 3.29. The van der Waals surface area contributed by atoms with Crippen LogP contribution in [0.2, 0.25) is 10.0 Å². The van der Waals surface area contributed by atoms with Crippen LogP contribution in [0.4, 0.5) is 0 Å². The van der Waals surface area contributed by atoms with E-state index < -0.39 is 0 Å². The number of phenols is 2. The lowest BCUT2D eigenvalue weighted by molar-refractivity contribution is 0.0954. The van der Waals surface area contributed by atoms with Gasteiger partial charge in [-0.2, -0.15) is 0 Å². The maximum absolute atomic E-state index is 12.0. The Bertz CT molecular complexity index is 717. The normalized spacial score (nSPS) is 10.5. The summed E-state index contributed by atoms with van der Waals surface area (Å²) in [7, 11) is 0. The standard InChI is InChI=1S/C16H15Cl2NO3/c1-9-6-14(20)15(21)7-10(9)4-5-19-16(22)12-3-2-11(17)8-13(12)18/h2-3,6-8,20-21H,4-5H2,1H3,(H,19,22). The number of halogens is 2. The van der Waals surface area contributed by atoms with Crippen molar-refractivity contribution in [2.24, 2.45) is 0 Å². The number of phenolic OH excluding ortho intramolecular Hbond substituents is 2. The zero-order chi connectivity index (χ0) is 16.3. The molecule has 6 heteroatoms. The molecule has 0 radical (unpaired) electrons. The summed E-state index contributed by atoms with van der Waals surface area (Å²) in [6.07, 6.45) is 0.524. The molecular formula is C16H15Cl2NO3. The van der Waals surface area contributed by atoms with Gasteiger partial charge in [0.1, 0.15) is 0 Å². The summed E-state index contributed by atoms with van der Waals surface area (Å²) < 4.78 is 0. The van der Waals surface area contributed by atoms with Crippen LogP contribution in [0.3, 0.4) is 0 Å². The molecule has 0 bridgehead atoms. The average Bonchev–Trinajstić information content (AvgIpc) is 2.44. The van der Waals surface area contributed by atoms with Crippen LogP contribution in [0, 0.1) is 6.92 Å². The highest BCUT2D eigenvalue weighted by atomic mass is 35.5. The number of nitrogens with one attached hydrogen (secondary N) is 1. The van der Waals surface area contributed by atoms with Gasteiger partial charge in [0.25, 0.3) is 5.91 Å². The van der Waals surface area contributed by atoms with Crippen LogP contribution in [-0.4, -0.2) is 22.7 Å². The van der Waals surface area contributed by atoms with Gasteiger partial charge in [0.05, 0.1) is 10.6 Å². The first kappa shape index (κ1) is 16.5. The quantitative estimate of drug-likeness (QED) is 0.744. The molecule has 0 aliphatic carbocycles. The number of benzene rings is 2. The predicted molar refractivity (Wildman–Crippen MR) is 87.0 cm³/mol. The lowest BCUT2D eigenvalue weighted by Gasteiger charge is -2.10. The Morgan fingerprint density at radius 2 is 1.82 bits per heavy atom. The molecule has 2 aromatic rings. The summed E-state index contributed by atoms with van der Waals surface area (Å²) in [5.41, 5.74) is 2.04. The second-order valence-electron chi connectivity index (χ2n) is 4.90. The van der Waals surface area contributed by atoms with Crippen molar-refractivity contribution in [3.05, 3.63) is 57.1 Å². The number of aryl methyl sites for hydroxylation is 1. The van der Waals surface area contributed by atoms with Crippen molar-refractivity contribution in [2.45, 2.75) is 13.3 Å². The second-order valence-corrected chi connectivity index (χ2v) is 5.74. The number of carbonyl (C=O) groups excluding carboxylic acids is 1. The SMILES string of the molecule is Cc1cc(O)c(O)cc1CCNC(=O)c1ccc(Cl)cc1Cl. The fraction of sp³-hybridized carbons (Fsp3) is 0.188. The lowest BCUT2D eigenvalue weighted by atomic mass is 10.0. The third-order valence-corrected chi connectivity index (χ3v) is 3.84. The van der Waals surface area contributed by atoms with Crippen molar-refractivity contribution >= 4 is 29.1 Å². The van der Waals surface area contributed by atoms with Crippen LogP contribution in [0.1, 0.15) is 21.5 Å². The van der Waals surface area contributed by atoms with Gasteiger partial charge in [0, 0.05) is 11.6 Å². The van der Waals surface area contributed by atoms with E-state index in [4.69, 9.17) is 23.2 Å². The summed E-state index contributed by atoms with van der Waals surface area (Å²) >= 11 is 11.8. The van der Waals surface area contributed by atoms with Crippen LogP contribution in [-0.2, 0) is 6.42 Å². The number of amides is 1. The molecule has 2 aromatic carbocycles. The molecule has 0 heterocycles. The van der Waals surface area contributed by atoms with E-state index in [1.165, 1.54) is 18.2 Å². The zero-order valence-corrected chi connectivity index (χ0v) is 13.4. The van der Waals surface area contributed by atoms with Crippen LogP contribution < -0.4 is 5.32 Å². The average molecular weight is 340 g/mol. The highest BCUT2D eigenvalue weighted by Crippen LogP contribution is 2.28. The van der Waals surface area contributed by atoms with Gasteiger partial charge in [0.2, 0.25) is 0 Å². The molecule has 0 saturated carbocycles. The molecule has 0 spiro atoms. The predicted octanol–water partition coefficient (Wildman–Crippen LogP) is 3.69. The highest BCUT2D eigenvalue weighted by Gasteiger charge is 2.11. The number of hydrogen-bond donors (Lipinski definition) is 3. The van der Waals surface area contributed by atoms with Gasteiger partial charge in [0.15, 0.2) is 11.5 Å². The van der Waals surface area contributed by atoms with E-state index >= 15 is 0 Å². The minimum absolute atomic E-state index is 0.154. The van der Waals surface area contributed by atoms with Gasteiger partial charge in [-0.15, -0.1) is 0 Å². The van der Waals surface area contributed by atoms with Gasteiger partial charge in [-0.25, -0.2) is 0 Å². The first-order chi connectivity index (χ1) is 10.4. The van der Waals surface area contributed by atoms with Crippen LogP contribution in [0.25, 0.3) is 0 Å². The summed E-state index contributed by atoms with van der Waals surface area (Å²) in [6, 6.07) is 7.66. The number of rotatable bonds is 4. The van der Waals surface area contributed by atoms with Crippen molar-refractivity contribution < 1.29 is 15.0 Å².